The van der Waals surface area contributed by atoms with Crippen LogP contribution >= 0.6 is 0 Å². The van der Waals surface area contributed by atoms with Gasteiger partial charge in [0.05, 0.1) is 25.2 Å². The van der Waals surface area contributed by atoms with E-state index in [1.54, 1.807) is 0 Å². The van der Waals surface area contributed by atoms with Crippen LogP contribution in [0.5, 0.6) is 0 Å². The van der Waals surface area contributed by atoms with Gasteiger partial charge in [0.2, 0.25) is 0 Å². The summed E-state index contributed by atoms with van der Waals surface area (Å²) in [6.45, 7) is 15.9. The summed E-state index contributed by atoms with van der Waals surface area (Å²) < 4.78 is 1.28. The van der Waals surface area contributed by atoms with Crippen molar-refractivity contribution in [2.24, 2.45) is 0 Å². The van der Waals surface area contributed by atoms with Gasteiger partial charge in [-0.25, -0.2) is 0 Å². The molecule has 0 aliphatic carbocycles. The van der Waals surface area contributed by atoms with E-state index in [0.717, 1.165) is 0 Å². The van der Waals surface area contributed by atoms with Gasteiger partial charge in [-0.05, 0) is 40.7 Å². The van der Waals surface area contributed by atoms with E-state index in [-0.39, 0.29) is 0 Å². The van der Waals surface area contributed by atoms with Gasteiger partial charge in [0.1, 0.15) is 6.17 Å². The molecule has 0 bridgehead atoms. The Morgan fingerprint density at radius 2 is 1.82 bits per heavy atom. The van der Waals surface area contributed by atoms with Gasteiger partial charge >= 0.3 is 0 Å². The van der Waals surface area contributed by atoms with E-state index < -0.39 is 0 Å². The van der Waals surface area contributed by atoms with Crippen molar-refractivity contribution in [2.75, 3.05) is 26.7 Å². The van der Waals surface area contributed by atoms with Crippen LogP contribution < -0.4 is 0 Å². The highest BCUT2D eigenvalue weighted by atomic mass is 15.6. The summed E-state index contributed by atoms with van der Waals surface area (Å²) in [4.78, 5) is 2.53. The van der Waals surface area contributed by atoms with Crippen LogP contribution in [0.15, 0.2) is 0 Å². The summed E-state index contributed by atoms with van der Waals surface area (Å²) in [6, 6.07) is 0. The van der Waals surface area contributed by atoms with Gasteiger partial charge in [0.25, 0.3) is 0 Å². The second-order valence-corrected chi connectivity index (χ2v) is 6.83. The molecule has 0 radical (unpaired) electrons. The third-order valence-corrected chi connectivity index (χ3v) is 4.95. The largest absolute Gasteiger partial charge is 0.304 e. The Morgan fingerprint density at radius 3 is 2.24 bits per heavy atom. The first-order chi connectivity index (χ1) is 7.85. The Bertz CT molecular complexity index is 232. The molecule has 1 aliphatic rings. The average Bonchev–Trinajstić information content (AvgIpc) is 2.52. The van der Waals surface area contributed by atoms with E-state index in [4.69, 9.17) is 0 Å². The van der Waals surface area contributed by atoms with Crippen molar-refractivity contribution in [3.05, 3.63) is 0 Å². The van der Waals surface area contributed by atoms with Gasteiger partial charge in [-0.2, -0.15) is 0 Å². The quantitative estimate of drug-likeness (QED) is 0.526. The predicted octanol–water partition coefficient (Wildman–Crippen LogP) is 3.47. The molecule has 0 amide bonds. The third-order valence-electron chi connectivity index (χ3n) is 4.95. The fraction of sp³-hybridized carbons (Fsp3) is 1.00. The normalized spacial score (nSPS) is 31.1. The van der Waals surface area contributed by atoms with Gasteiger partial charge in [0, 0.05) is 6.92 Å². The second kappa shape index (κ2) is 5.71. The lowest BCUT2D eigenvalue weighted by molar-refractivity contribution is -0.984. The minimum Gasteiger partial charge on any atom is -0.304 e. The lowest BCUT2D eigenvalue weighted by atomic mass is 9.99. The molecule has 0 spiro atoms. The third kappa shape index (κ3) is 3.03. The smallest absolute Gasteiger partial charge is 0.142 e. The molecule has 2 nitrogen and oxygen atoms in total. The molecule has 1 saturated heterocycles. The van der Waals surface area contributed by atoms with Crippen molar-refractivity contribution in [3.63, 3.8) is 0 Å². The summed E-state index contributed by atoms with van der Waals surface area (Å²) in [5.74, 6) is 0. The highest BCUT2D eigenvalue weighted by Gasteiger charge is 2.49. The molecule has 0 N–H and O–H groups in total. The van der Waals surface area contributed by atoms with Crippen molar-refractivity contribution >= 4 is 0 Å². The maximum absolute atomic E-state index is 2.53. The number of unbranched alkanes of at least 4 members (excludes halogenated alkanes) is 3. The minimum absolute atomic E-state index is 0.371. The van der Waals surface area contributed by atoms with Crippen LogP contribution in [-0.2, 0) is 0 Å². The first-order valence-electron chi connectivity index (χ1n) is 7.42. The summed E-state index contributed by atoms with van der Waals surface area (Å²) in [5, 5.41) is 0. The van der Waals surface area contributed by atoms with E-state index in [9.17, 15) is 0 Å². The molecule has 1 rings (SSSR count). The molecule has 0 aromatic carbocycles. The Morgan fingerprint density at radius 1 is 1.18 bits per heavy atom. The number of nitrogens with zero attached hydrogens (tertiary/aromatic N) is 2. The molecule has 2 atom stereocenters. The highest BCUT2D eigenvalue weighted by Crippen LogP contribution is 2.34. The van der Waals surface area contributed by atoms with Crippen LogP contribution in [0.4, 0.5) is 0 Å². The summed E-state index contributed by atoms with van der Waals surface area (Å²) in [7, 11) is 2.28. The fourth-order valence-corrected chi connectivity index (χ4v) is 3.44. The molecule has 0 aromatic heterocycles. The average molecular weight is 241 g/mol. The number of likely N-dealkylation sites (N-methyl/N-ethyl adjacent to an activating group) is 1. The van der Waals surface area contributed by atoms with Gasteiger partial charge in [-0.1, -0.05) is 19.8 Å². The van der Waals surface area contributed by atoms with E-state index in [1.165, 1.54) is 49.8 Å². The van der Waals surface area contributed by atoms with E-state index in [0.29, 0.717) is 11.7 Å². The zero-order chi connectivity index (χ0) is 13.1. The van der Waals surface area contributed by atoms with Crippen molar-refractivity contribution < 1.29 is 4.48 Å². The highest BCUT2D eigenvalue weighted by molar-refractivity contribution is 4.74. The molecule has 1 heterocycles. The minimum atomic E-state index is 0.371. The molecular formula is C15H33N2+. The summed E-state index contributed by atoms with van der Waals surface area (Å²) in [5.41, 5.74) is 0.371. The van der Waals surface area contributed by atoms with Gasteiger partial charge in [-0.15, -0.1) is 0 Å². The van der Waals surface area contributed by atoms with Crippen molar-refractivity contribution in [1.29, 1.82) is 0 Å². The van der Waals surface area contributed by atoms with Crippen molar-refractivity contribution in [2.45, 2.75) is 72.0 Å². The molecule has 1 fully saturated rings. The van der Waals surface area contributed by atoms with Crippen LogP contribution in [-0.4, -0.2) is 47.8 Å². The molecule has 17 heavy (non-hydrogen) atoms. The lowest BCUT2D eigenvalue weighted by Crippen LogP contribution is -2.64. The fourth-order valence-electron chi connectivity index (χ4n) is 3.44. The zero-order valence-corrected chi connectivity index (χ0v) is 12.9. The number of hydrogen-bond donors (Lipinski definition) is 0. The zero-order valence-electron chi connectivity index (χ0n) is 12.9. The van der Waals surface area contributed by atoms with Gasteiger partial charge in [0.15, 0.2) is 0 Å². The number of rotatable bonds is 5. The standard InChI is InChI=1S/C15H33N2/c1-7-8-9-10-12-17(15(3,4)5)13-11-16(6)14(17)2/h14H,7-13H2,1-6H3/q+1. The molecule has 2 unspecified atom stereocenters. The molecule has 0 aromatic rings. The Labute approximate surface area is 109 Å². The SMILES string of the molecule is CCCCCC[N+]1(C(C)(C)C)CCN(C)C1C. The van der Waals surface area contributed by atoms with Crippen LogP contribution in [0.1, 0.15) is 60.3 Å². The second-order valence-electron chi connectivity index (χ2n) is 6.83. The van der Waals surface area contributed by atoms with Gasteiger partial charge in [-0.3, -0.25) is 4.90 Å². The van der Waals surface area contributed by atoms with Crippen LogP contribution in [0.25, 0.3) is 0 Å². The van der Waals surface area contributed by atoms with E-state index in [1.807, 2.05) is 0 Å². The summed E-state index contributed by atoms with van der Waals surface area (Å²) >= 11 is 0. The van der Waals surface area contributed by atoms with Crippen molar-refractivity contribution in [1.82, 2.24) is 4.90 Å². The Kier molecular flexibility index (Phi) is 5.03. The van der Waals surface area contributed by atoms with Crippen LogP contribution in [0, 0.1) is 0 Å². The molecule has 2 heteroatoms. The lowest BCUT2D eigenvalue weighted by Gasteiger charge is -2.49. The first-order valence-corrected chi connectivity index (χ1v) is 7.42. The predicted molar refractivity (Wildman–Crippen MR) is 76.0 cm³/mol. The molecule has 0 saturated carbocycles. The van der Waals surface area contributed by atoms with Crippen molar-refractivity contribution in [3.8, 4) is 0 Å². The van der Waals surface area contributed by atoms with Crippen LogP contribution in [0.2, 0.25) is 0 Å². The first kappa shape index (κ1) is 15.0. The number of quaternary nitrogens is 1. The van der Waals surface area contributed by atoms with Crippen LogP contribution in [0.3, 0.4) is 0 Å². The Hall–Kier alpha value is -0.0800. The Balaban J connectivity index is 2.68. The maximum atomic E-state index is 2.53. The van der Waals surface area contributed by atoms with E-state index >= 15 is 0 Å². The maximum Gasteiger partial charge on any atom is 0.142 e. The van der Waals surface area contributed by atoms with Gasteiger partial charge < -0.3 is 4.48 Å². The molecule has 102 valence electrons. The topological polar surface area (TPSA) is 3.24 Å². The monoisotopic (exact) mass is 241 g/mol. The molecular weight excluding hydrogens is 208 g/mol. The number of hydrogen-bond acceptors (Lipinski definition) is 1. The van der Waals surface area contributed by atoms with E-state index in [2.05, 4.69) is 46.6 Å². The summed E-state index contributed by atoms with van der Waals surface area (Å²) in [6.07, 6.45) is 6.21. The molecule has 1 aliphatic heterocycles.